The van der Waals surface area contributed by atoms with Gasteiger partial charge in [0.05, 0.1) is 0 Å². The zero-order valence-electron chi connectivity index (χ0n) is 25.7. The molecule has 0 bridgehead atoms. The molecule has 9 heteroatoms. The largest absolute Gasteiger partial charge is 0.415 e. The summed E-state index contributed by atoms with van der Waals surface area (Å²) in [5.74, 6) is 0. The van der Waals surface area contributed by atoms with E-state index >= 15 is 0 Å². The molecule has 0 unspecified atom stereocenters. The fourth-order valence-corrected chi connectivity index (χ4v) is 29.3. The fourth-order valence-electron chi connectivity index (χ4n) is 7.84. The average molecular weight is 601 g/mol. The summed E-state index contributed by atoms with van der Waals surface area (Å²) < 4.78 is 42.0. The van der Waals surface area contributed by atoms with Crippen molar-refractivity contribution in [3.63, 3.8) is 0 Å². The quantitative estimate of drug-likeness (QED) is 0.116. The Morgan fingerprint density at radius 1 is 0.436 bits per heavy atom. The Kier molecular flexibility index (Phi) is 13.5. The summed E-state index contributed by atoms with van der Waals surface area (Å²) in [6, 6.07) is 2.95. The molecule has 6 nitrogen and oxygen atoms in total. The highest BCUT2D eigenvalue weighted by Gasteiger charge is 2.68. The van der Waals surface area contributed by atoms with Crippen LogP contribution in [0.4, 0.5) is 0 Å². The van der Waals surface area contributed by atoms with E-state index in [-0.39, 0.29) is 0 Å². The predicted molar refractivity (Wildman–Crippen MR) is 165 cm³/mol. The molecule has 1 aliphatic heterocycles. The number of rotatable bonds is 18. The number of hydrogen-bond donors (Lipinski definition) is 0. The van der Waals surface area contributed by atoms with Gasteiger partial charge in [-0.25, -0.2) is 0 Å². The molecule has 0 N–H and O–H groups in total. The molecule has 0 amide bonds. The Bertz CT molecular complexity index is 583. The second-order valence-electron chi connectivity index (χ2n) is 12.8. The Morgan fingerprint density at radius 3 is 0.923 bits per heavy atom. The smallest absolute Gasteiger partial charge is 0.326 e. The topological polar surface area (TPSA) is 55.4 Å². The van der Waals surface area contributed by atoms with Crippen LogP contribution < -0.4 is 0 Å². The van der Waals surface area contributed by atoms with Gasteiger partial charge < -0.3 is 26.6 Å². The molecule has 1 heterocycles. The maximum atomic E-state index is 7.80. The minimum atomic E-state index is -2.58. The van der Waals surface area contributed by atoms with Crippen LogP contribution in [0, 0.1) is 0 Å². The van der Waals surface area contributed by atoms with Crippen LogP contribution in [0.3, 0.4) is 0 Å². The lowest BCUT2D eigenvalue weighted by molar-refractivity contribution is 0.113. The van der Waals surface area contributed by atoms with Gasteiger partial charge in [0, 0.05) is 74.4 Å². The molecule has 4 rings (SSSR count). The molecule has 0 aromatic carbocycles. The van der Waals surface area contributed by atoms with Crippen molar-refractivity contribution < 1.29 is 26.6 Å². The molecule has 4 fully saturated rings. The molecule has 4 aliphatic rings. The highest BCUT2D eigenvalue weighted by Crippen LogP contribution is 2.57. The molecular formula is C30H60O6Si3. The van der Waals surface area contributed by atoms with Gasteiger partial charge >= 0.3 is 25.7 Å². The van der Waals surface area contributed by atoms with E-state index in [1.807, 2.05) is 0 Å². The van der Waals surface area contributed by atoms with Crippen molar-refractivity contribution in [3.05, 3.63) is 0 Å². The molecule has 39 heavy (non-hydrogen) atoms. The lowest BCUT2D eigenvalue weighted by Gasteiger charge is -2.58. The first-order chi connectivity index (χ1) is 19.1. The molecule has 3 aliphatic carbocycles. The number of ether oxygens (including phenoxy) is 3. The van der Waals surface area contributed by atoms with Gasteiger partial charge in [0.2, 0.25) is 0 Å². The van der Waals surface area contributed by atoms with Crippen molar-refractivity contribution in [2.24, 2.45) is 0 Å². The second-order valence-corrected chi connectivity index (χ2v) is 24.0. The highest BCUT2D eigenvalue weighted by atomic mass is 28.5. The summed E-state index contributed by atoms with van der Waals surface area (Å²) >= 11 is 0. The van der Waals surface area contributed by atoms with Gasteiger partial charge in [0.25, 0.3) is 0 Å². The fraction of sp³-hybridized carbons (Fsp3) is 1.00. The van der Waals surface area contributed by atoms with Gasteiger partial charge in [-0.1, -0.05) is 59.3 Å². The third-order valence-corrected chi connectivity index (χ3v) is 26.3. The van der Waals surface area contributed by atoms with Gasteiger partial charge in [0.1, 0.15) is 0 Å². The minimum Gasteiger partial charge on any atom is -0.415 e. The zero-order valence-corrected chi connectivity index (χ0v) is 28.7. The predicted octanol–water partition coefficient (Wildman–Crippen LogP) is 8.49. The molecule has 0 aromatic rings. The van der Waals surface area contributed by atoms with Gasteiger partial charge in [-0.15, -0.1) is 0 Å². The van der Waals surface area contributed by atoms with E-state index in [1.54, 1.807) is 0 Å². The Hall–Kier alpha value is 0.411. The van der Waals surface area contributed by atoms with E-state index in [2.05, 4.69) is 20.8 Å². The van der Waals surface area contributed by atoms with Crippen LogP contribution in [0.2, 0.25) is 34.8 Å². The van der Waals surface area contributed by atoms with Gasteiger partial charge in [-0.05, 0) is 57.8 Å². The molecule has 0 radical (unpaired) electrons. The van der Waals surface area contributed by atoms with Crippen molar-refractivity contribution in [2.45, 2.75) is 152 Å². The Labute approximate surface area is 243 Å². The summed E-state index contributed by atoms with van der Waals surface area (Å²) in [6.07, 6.45) is 18.7. The summed E-state index contributed by atoms with van der Waals surface area (Å²) in [5.41, 5.74) is 1.75. The third-order valence-electron chi connectivity index (χ3n) is 9.80. The van der Waals surface area contributed by atoms with Crippen molar-refractivity contribution in [3.8, 4) is 0 Å². The van der Waals surface area contributed by atoms with E-state index in [1.165, 1.54) is 77.0 Å². The monoisotopic (exact) mass is 600 g/mol. The van der Waals surface area contributed by atoms with E-state index in [4.69, 9.17) is 26.6 Å². The van der Waals surface area contributed by atoms with Gasteiger partial charge in [-0.3, -0.25) is 0 Å². The van der Waals surface area contributed by atoms with Crippen molar-refractivity contribution in [2.75, 3.05) is 39.6 Å². The first-order valence-corrected chi connectivity index (χ1v) is 23.3. The van der Waals surface area contributed by atoms with Crippen molar-refractivity contribution >= 4 is 25.7 Å². The Morgan fingerprint density at radius 2 is 0.692 bits per heavy atom. The molecule has 3 saturated carbocycles. The highest BCUT2D eigenvalue weighted by molar-refractivity contribution is 6.96. The first kappa shape index (κ1) is 32.3. The van der Waals surface area contributed by atoms with E-state index < -0.39 is 25.7 Å². The van der Waals surface area contributed by atoms with Crippen LogP contribution in [-0.4, -0.2) is 65.3 Å². The minimum absolute atomic E-state index is 0.585. The van der Waals surface area contributed by atoms with E-state index in [9.17, 15) is 0 Å². The number of hydrogen-bond acceptors (Lipinski definition) is 6. The van der Waals surface area contributed by atoms with E-state index in [0.29, 0.717) is 16.6 Å². The van der Waals surface area contributed by atoms with Crippen LogP contribution in [0.1, 0.15) is 117 Å². The van der Waals surface area contributed by atoms with Crippen LogP contribution >= 0.6 is 0 Å². The summed E-state index contributed by atoms with van der Waals surface area (Å²) in [4.78, 5) is 0. The molecule has 0 aromatic heterocycles. The van der Waals surface area contributed by atoms with Crippen LogP contribution in [0.25, 0.3) is 0 Å². The van der Waals surface area contributed by atoms with E-state index in [0.717, 1.165) is 77.0 Å². The normalized spacial score (nSPS) is 33.0. The standard InChI is InChI=1S/C30H60O6Si3/c1-4-19-31-22-25-37(28-13-7-8-14-28)34-38(26-23-32-20-5-2,29-15-9-10-16-29)36-39(35-37,27-24-33-21-6-3)30-17-11-12-18-30/h28-30H,4-27H2,1-3H3. The van der Waals surface area contributed by atoms with Crippen molar-refractivity contribution in [1.82, 2.24) is 0 Å². The molecule has 1 saturated heterocycles. The maximum Gasteiger partial charge on any atom is 0.326 e. The molecular weight excluding hydrogens is 541 g/mol. The first-order valence-electron chi connectivity index (χ1n) is 17.0. The maximum absolute atomic E-state index is 7.80. The lowest BCUT2D eigenvalue weighted by atomic mass is 10.4. The molecule has 228 valence electrons. The second kappa shape index (κ2) is 16.3. The zero-order chi connectivity index (χ0) is 27.4. The lowest BCUT2D eigenvalue weighted by Crippen LogP contribution is -2.74. The summed E-state index contributed by atoms with van der Waals surface area (Å²) in [5, 5.41) is 0. The van der Waals surface area contributed by atoms with Crippen LogP contribution in [0.5, 0.6) is 0 Å². The third kappa shape index (κ3) is 8.28. The summed E-state index contributed by atoms with van der Waals surface area (Å²) in [6.45, 7) is 11.4. The van der Waals surface area contributed by atoms with Crippen LogP contribution in [0.15, 0.2) is 0 Å². The van der Waals surface area contributed by atoms with Gasteiger partial charge in [0.15, 0.2) is 0 Å². The average Bonchev–Trinajstić information content (AvgIpc) is 3.75. The molecule has 0 spiro atoms. The summed E-state index contributed by atoms with van der Waals surface area (Å²) in [7, 11) is -7.74. The van der Waals surface area contributed by atoms with Gasteiger partial charge in [-0.2, -0.15) is 0 Å². The SMILES string of the molecule is CCCOCC[Si]1(C2CCCC2)O[Si](CCOCCC)(C2CCCC2)O[Si](CCOCCC)(C2CCCC2)O1. The van der Waals surface area contributed by atoms with Crippen molar-refractivity contribution in [1.29, 1.82) is 0 Å². The molecule has 0 atom stereocenters. The Balaban J connectivity index is 1.73. The van der Waals surface area contributed by atoms with Crippen LogP contribution in [-0.2, 0) is 26.6 Å².